The predicted molar refractivity (Wildman–Crippen MR) is 71.5 cm³/mol. The molecule has 114 valence electrons. The summed E-state index contributed by atoms with van der Waals surface area (Å²) < 4.78 is 52.1. The SMILES string of the molecule is C[C@@H](c1cc(F)ccc1C(F)(F)F)N1CCNCC1.Cl. The van der Waals surface area contributed by atoms with Crippen molar-refractivity contribution in [3.05, 3.63) is 35.1 Å². The van der Waals surface area contributed by atoms with Crippen molar-refractivity contribution in [2.24, 2.45) is 0 Å². The molecule has 2 nitrogen and oxygen atoms in total. The Morgan fingerprint density at radius 1 is 1.20 bits per heavy atom. The van der Waals surface area contributed by atoms with Crippen molar-refractivity contribution in [3.63, 3.8) is 0 Å². The van der Waals surface area contributed by atoms with Gasteiger partial charge in [-0.2, -0.15) is 13.2 Å². The van der Waals surface area contributed by atoms with E-state index in [-0.39, 0.29) is 18.0 Å². The van der Waals surface area contributed by atoms with Gasteiger partial charge >= 0.3 is 6.18 Å². The van der Waals surface area contributed by atoms with E-state index < -0.39 is 23.6 Å². The van der Waals surface area contributed by atoms with Gasteiger partial charge in [-0.05, 0) is 30.7 Å². The van der Waals surface area contributed by atoms with E-state index in [2.05, 4.69) is 5.32 Å². The van der Waals surface area contributed by atoms with Crippen LogP contribution in [0.4, 0.5) is 17.6 Å². The van der Waals surface area contributed by atoms with Gasteiger partial charge in [-0.25, -0.2) is 4.39 Å². The van der Waals surface area contributed by atoms with Crippen molar-refractivity contribution in [1.29, 1.82) is 0 Å². The van der Waals surface area contributed by atoms with E-state index in [0.29, 0.717) is 13.1 Å². The van der Waals surface area contributed by atoms with Crippen LogP contribution in [0.3, 0.4) is 0 Å². The topological polar surface area (TPSA) is 15.3 Å². The Hall–Kier alpha value is -0.850. The number of nitrogens with one attached hydrogen (secondary N) is 1. The summed E-state index contributed by atoms with van der Waals surface area (Å²) >= 11 is 0. The second-order valence-corrected chi connectivity index (χ2v) is 4.69. The van der Waals surface area contributed by atoms with Crippen LogP contribution in [0.2, 0.25) is 0 Å². The van der Waals surface area contributed by atoms with Crippen molar-refractivity contribution < 1.29 is 17.6 Å². The van der Waals surface area contributed by atoms with Crippen LogP contribution in [0.1, 0.15) is 24.1 Å². The van der Waals surface area contributed by atoms with Crippen molar-refractivity contribution >= 4 is 12.4 Å². The molecule has 1 aliphatic rings. The minimum atomic E-state index is -4.45. The zero-order valence-corrected chi connectivity index (χ0v) is 11.8. The highest BCUT2D eigenvalue weighted by atomic mass is 35.5. The molecule has 1 aromatic carbocycles. The van der Waals surface area contributed by atoms with E-state index in [4.69, 9.17) is 0 Å². The first-order valence-corrected chi connectivity index (χ1v) is 6.21. The smallest absolute Gasteiger partial charge is 0.314 e. The molecule has 0 aliphatic carbocycles. The quantitative estimate of drug-likeness (QED) is 0.844. The Kier molecular flexibility index (Phi) is 5.79. The number of nitrogens with zero attached hydrogens (tertiary/aromatic N) is 1. The highest BCUT2D eigenvalue weighted by molar-refractivity contribution is 5.85. The maximum atomic E-state index is 13.3. The van der Waals surface area contributed by atoms with E-state index in [1.807, 2.05) is 4.90 Å². The number of halogens is 5. The van der Waals surface area contributed by atoms with Crippen molar-refractivity contribution in [3.8, 4) is 0 Å². The third kappa shape index (κ3) is 3.84. The summed E-state index contributed by atoms with van der Waals surface area (Å²) in [6, 6.07) is 2.23. The maximum absolute atomic E-state index is 13.3. The largest absolute Gasteiger partial charge is 0.416 e. The monoisotopic (exact) mass is 312 g/mol. The number of rotatable bonds is 2. The molecule has 0 radical (unpaired) electrons. The van der Waals surface area contributed by atoms with Crippen LogP contribution in [0.25, 0.3) is 0 Å². The first kappa shape index (κ1) is 17.2. The van der Waals surface area contributed by atoms with Crippen molar-refractivity contribution in [2.45, 2.75) is 19.1 Å². The molecule has 1 saturated heterocycles. The molecule has 0 unspecified atom stereocenters. The molecule has 2 rings (SSSR count). The molecule has 1 atom stereocenters. The fourth-order valence-electron chi connectivity index (χ4n) is 2.40. The number of alkyl halides is 3. The highest BCUT2D eigenvalue weighted by Crippen LogP contribution is 2.36. The molecule has 0 bridgehead atoms. The van der Waals surface area contributed by atoms with Crippen LogP contribution in [0, 0.1) is 5.82 Å². The van der Waals surface area contributed by atoms with Crippen molar-refractivity contribution in [2.75, 3.05) is 26.2 Å². The molecule has 0 spiro atoms. The second kappa shape index (κ2) is 6.74. The summed E-state index contributed by atoms with van der Waals surface area (Å²) in [5.74, 6) is -0.634. The minimum Gasteiger partial charge on any atom is -0.314 e. The fourth-order valence-corrected chi connectivity index (χ4v) is 2.40. The van der Waals surface area contributed by atoms with Crippen LogP contribution >= 0.6 is 12.4 Å². The lowest BCUT2D eigenvalue weighted by Gasteiger charge is -2.34. The van der Waals surface area contributed by atoms with Gasteiger partial charge in [0, 0.05) is 32.2 Å². The fraction of sp³-hybridized carbons (Fsp3) is 0.538. The molecule has 0 saturated carbocycles. The molecule has 1 heterocycles. The number of hydrogen-bond donors (Lipinski definition) is 1. The average molecular weight is 313 g/mol. The first-order valence-electron chi connectivity index (χ1n) is 6.21. The zero-order valence-electron chi connectivity index (χ0n) is 11.0. The zero-order chi connectivity index (χ0) is 14.0. The van der Waals surface area contributed by atoms with Crippen molar-refractivity contribution in [1.82, 2.24) is 10.2 Å². The van der Waals surface area contributed by atoms with Crippen LogP contribution in [-0.4, -0.2) is 31.1 Å². The third-order valence-electron chi connectivity index (χ3n) is 3.47. The average Bonchev–Trinajstić information content (AvgIpc) is 2.37. The normalized spacial score (nSPS) is 18.4. The number of hydrogen-bond acceptors (Lipinski definition) is 2. The Morgan fingerprint density at radius 3 is 2.35 bits per heavy atom. The summed E-state index contributed by atoms with van der Waals surface area (Å²) in [6.07, 6.45) is -4.45. The Bertz CT molecular complexity index is 444. The van der Waals surface area contributed by atoms with Crippen LogP contribution in [0.15, 0.2) is 18.2 Å². The predicted octanol–water partition coefficient (Wildman–Crippen LogP) is 3.23. The van der Waals surface area contributed by atoms with E-state index in [1.165, 1.54) is 0 Å². The summed E-state index contributed by atoms with van der Waals surface area (Å²) in [5, 5.41) is 3.14. The van der Waals surface area contributed by atoms with E-state index in [9.17, 15) is 17.6 Å². The van der Waals surface area contributed by atoms with Crippen LogP contribution in [-0.2, 0) is 6.18 Å². The highest BCUT2D eigenvalue weighted by Gasteiger charge is 2.35. The summed E-state index contributed by atoms with van der Waals surface area (Å²) in [7, 11) is 0. The lowest BCUT2D eigenvalue weighted by atomic mass is 9.99. The van der Waals surface area contributed by atoms with Gasteiger partial charge in [0.05, 0.1) is 5.56 Å². The molecule has 0 amide bonds. The molecular weight excluding hydrogens is 296 g/mol. The van der Waals surface area contributed by atoms with Gasteiger partial charge in [0.15, 0.2) is 0 Å². The molecule has 20 heavy (non-hydrogen) atoms. The molecule has 1 fully saturated rings. The lowest BCUT2D eigenvalue weighted by molar-refractivity contribution is -0.138. The molecule has 1 N–H and O–H groups in total. The van der Waals surface area contributed by atoms with Gasteiger partial charge in [-0.15, -0.1) is 12.4 Å². The van der Waals surface area contributed by atoms with E-state index in [0.717, 1.165) is 31.3 Å². The Balaban J connectivity index is 0.00000200. The summed E-state index contributed by atoms with van der Waals surface area (Å²) in [6.45, 7) is 4.49. The minimum absolute atomic E-state index is 0. The summed E-state index contributed by atoms with van der Waals surface area (Å²) in [5.41, 5.74) is -0.741. The second-order valence-electron chi connectivity index (χ2n) is 4.69. The van der Waals surface area contributed by atoms with E-state index in [1.54, 1.807) is 6.92 Å². The summed E-state index contributed by atoms with van der Waals surface area (Å²) in [4.78, 5) is 1.93. The Morgan fingerprint density at radius 2 is 1.80 bits per heavy atom. The first-order chi connectivity index (χ1) is 8.89. The molecule has 1 aromatic rings. The number of piperazine rings is 1. The molecule has 1 aliphatic heterocycles. The number of benzene rings is 1. The van der Waals surface area contributed by atoms with Gasteiger partial charge in [0.1, 0.15) is 5.82 Å². The van der Waals surface area contributed by atoms with Crippen LogP contribution in [0.5, 0.6) is 0 Å². The van der Waals surface area contributed by atoms with E-state index >= 15 is 0 Å². The van der Waals surface area contributed by atoms with Gasteiger partial charge < -0.3 is 5.32 Å². The maximum Gasteiger partial charge on any atom is 0.416 e. The lowest BCUT2D eigenvalue weighted by Crippen LogP contribution is -2.44. The third-order valence-corrected chi connectivity index (χ3v) is 3.47. The standard InChI is InChI=1S/C13H16F4N2.ClH/c1-9(19-6-4-18-5-7-19)11-8-10(14)2-3-12(11)13(15,16)17;/h2-3,8-9,18H,4-7H2,1H3;1H/t9-;/m0./s1. The molecule has 7 heteroatoms. The van der Waals surface area contributed by atoms with Gasteiger partial charge in [-0.1, -0.05) is 0 Å². The van der Waals surface area contributed by atoms with Crippen LogP contribution < -0.4 is 5.32 Å². The Labute approximate surface area is 121 Å². The van der Waals surface area contributed by atoms with Gasteiger partial charge in [0.25, 0.3) is 0 Å². The van der Waals surface area contributed by atoms with Gasteiger partial charge in [-0.3, -0.25) is 4.90 Å². The van der Waals surface area contributed by atoms with Gasteiger partial charge in [0.2, 0.25) is 0 Å². The molecule has 0 aromatic heterocycles. The molecular formula is C13H17ClF4N2.